The number of ether oxygens (including phenoxy) is 1. The van der Waals surface area contributed by atoms with Crippen LogP contribution in [0.2, 0.25) is 0 Å². The first-order valence-electron chi connectivity index (χ1n) is 11.5. The van der Waals surface area contributed by atoms with E-state index in [1.165, 1.54) is 29.4 Å². The van der Waals surface area contributed by atoms with Gasteiger partial charge in [-0.2, -0.15) is 0 Å². The van der Waals surface area contributed by atoms with Crippen molar-refractivity contribution in [2.24, 2.45) is 4.99 Å². The number of aliphatic hydroxyl groups is 2. The van der Waals surface area contributed by atoms with Gasteiger partial charge in [0.05, 0.1) is 36.4 Å². The van der Waals surface area contributed by atoms with Crippen molar-refractivity contribution in [3.05, 3.63) is 59.3 Å². The van der Waals surface area contributed by atoms with Gasteiger partial charge in [-0.3, -0.25) is 9.79 Å². The predicted octanol–water partition coefficient (Wildman–Crippen LogP) is 2.00. The lowest BCUT2D eigenvalue weighted by Gasteiger charge is -2.26. The maximum atomic E-state index is 14.6. The lowest BCUT2D eigenvalue weighted by molar-refractivity contribution is -0.125. The smallest absolute Gasteiger partial charge is 0.273 e. The number of aromatic nitrogens is 2. The standard InChI is InChI=1S/C24H24F3N5O4/c1-11(25)36-15-5-12(4-13(26)6-15)18-7-14(27)9-32(18)24(35)21-20-17(8-28-21)29-10-30-23(20)31-16-2-3-19(33)22(16)34/h2-6,10-11,14,16,18-19,22,33-34H,7-9H2,1H3,(H,29,30,31)/t11?,14-,16+,18+,19+,22-/m0/s1. The summed E-state index contributed by atoms with van der Waals surface area (Å²) >= 11 is 0. The molecule has 1 fully saturated rings. The predicted molar refractivity (Wildman–Crippen MR) is 122 cm³/mol. The summed E-state index contributed by atoms with van der Waals surface area (Å²) in [7, 11) is 0. The van der Waals surface area contributed by atoms with Crippen LogP contribution in [0.1, 0.15) is 36.2 Å². The van der Waals surface area contributed by atoms with Crippen molar-refractivity contribution in [1.29, 1.82) is 0 Å². The number of rotatable bonds is 6. The zero-order valence-electron chi connectivity index (χ0n) is 19.2. The molecule has 0 saturated carbocycles. The molecule has 9 nitrogen and oxygen atoms in total. The van der Waals surface area contributed by atoms with E-state index in [0.717, 1.165) is 13.0 Å². The van der Waals surface area contributed by atoms with Gasteiger partial charge in [0.25, 0.3) is 5.91 Å². The van der Waals surface area contributed by atoms with Crippen LogP contribution >= 0.6 is 0 Å². The molecule has 2 aromatic rings. The molecule has 3 aliphatic rings. The number of benzene rings is 1. The molecular formula is C24H24F3N5O4. The Morgan fingerprint density at radius 1 is 1.25 bits per heavy atom. The lowest BCUT2D eigenvalue weighted by atomic mass is 10.0. The third kappa shape index (κ3) is 4.53. The van der Waals surface area contributed by atoms with Gasteiger partial charge >= 0.3 is 0 Å². The Morgan fingerprint density at radius 2 is 2.06 bits per heavy atom. The summed E-state index contributed by atoms with van der Waals surface area (Å²) in [5, 5.41) is 23.0. The van der Waals surface area contributed by atoms with Crippen LogP contribution < -0.4 is 10.1 Å². The molecule has 5 rings (SSSR count). The quantitative estimate of drug-likeness (QED) is 0.516. The second-order valence-electron chi connectivity index (χ2n) is 8.93. The van der Waals surface area contributed by atoms with E-state index in [-0.39, 0.29) is 42.4 Å². The number of amides is 1. The second-order valence-corrected chi connectivity index (χ2v) is 8.93. The van der Waals surface area contributed by atoms with Crippen molar-refractivity contribution >= 4 is 17.4 Å². The lowest BCUT2D eigenvalue weighted by Crippen LogP contribution is -2.38. The number of anilines is 1. The molecule has 0 bridgehead atoms. The van der Waals surface area contributed by atoms with Crippen molar-refractivity contribution in [3.63, 3.8) is 0 Å². The molecule has 3 heterocycles. The molecule has 36 heavy (non-hydrogen) atoms. The van der Waals surface area contributed by atoms with Crippen molar-refractivity contribution in [1.82, 2.24) is 14.9 Å². The van der Waals surface area contributed by atoms with Crippen LogP contribution in [0, 0.1) is 5.82 Å². The van der Waals surface area contributed by atoms with E-state index in [9.17, 15) is 28.2 Å². The number of nitrogens with zero attached hydrogens (tertiary/aromatic N) is 4. The van der Waals surface area contributed by atoms with Gasteiger partial charge in [0.2, 0.25) is 6.36 Å². The number of hydrogen-bond acceptors (Lipinski definition) is 8. The van der Waals surface area contributed by atoms with E-state index in [2.05, 4.69) is 20.3 Å². The highest BCUT2D eigenvalue weighted by molar-refractivity contribution is 6.47. The van der Waals surface area contributed by atoms with Crippen LogP contribution in [-0.2, 0) is 11.3 Å². The first-order valence-corrected chi connectivity index (χ1v) is 11.5. The van der Waals surface area contributed by atoms with E-state index >= 15 is 0 Å². The number of carbonyl (C=O) groups is 1. The van der Waals surface area contributed by atoms with Gasteiger partial charge in [-0.15, -0.1) is 0 Å². The molecule has 12 heteroatoms. The molecule has 1 aliphatic carbocycles. The van der Waals surface area contributed by atoms with Gasteiger partial charge in [0.1, 0.15) is 47.8 Å². The summed E-state index contributed by atoms with van der Waals surface area (Å²) in [5.74, 6) is -1.13. The Labute approximate surface area is 204 Å². The minimum atomic E-state index is -1.68. The number of carbonyl (C=O) groups excluding carboxylic acids is 1. The summed E-state index contributed by atoms with van der Waals surface area (Å²) in [5.41, 5.74) is 1.07. The number of halogens is 3. The number of hydrogen-bond donors (Lipinski definition) is 3. The zero-order chi connectivity index (χ0) is 25.6. The molecule has 2 aliphatic heterocycles. The van der Waals surface area contributed by atoms with Gasteiger partial charge in [-0.05, 0) is 17.7 Å². The fourth-order valence-electron chi connectivity index (χ4n) is 4.77. The molecule has 6 atom stereocenters. The molecule has 0 radical (unpaired) electrons. The molecule has 190 valence electrons. The second kappa shape index (κ2) is 9.51. The molecular weight excluding hydrogens is 479 g/mol. The maximum Gasteiger partial charge on any atom is 0.273 e. The van der Waals surface area contributed by atoms with E-state index in [0.29, 0.717) is 11.3 Å². The van der Waals surface area contributed by atoms with Crippen LogP contribution in [0.15, 0.2) is 41.7 Å². The largest absolute Gasteiger partial charge is 0.461 e. The minimum absolute atomic E-state index is 0.00877. The SMILES string of the molecule is CC(F)Oc1cc(F)cc([C@H]2C[C@H](F)CN2C(=O)C2=NCc3ncnc(N[C@@H]4C=C[C@@H](O)[C@H]4O)c32)c1. The Bertz CT molecular complexity index is 1240. The Hall–Kier alpha value is -3.51. The normalized spacial score (nSPS) is 27.7. The van der Waals surface area contributed by atoms with Crippen LogP contribution in [-0.4, -0.2) is 74.0 Å². The maximum absolute atomic E-state index is 14.6. The first-order chi connectivity index (χ1) is 17.2. The van der Waals surface area contributed by atoms with E-state index in [1.807, 2.05) is 0 Å². The number of nitrogens with one attached hydrogen (secondary N) is 1. The molecule has 1 saturated heterocycles. The fourth-order valence-corrected chi connectivity index (χ4v) is 4.77. The van der Waals surface area contributed by atoms with E-state index in [4.69, 9.17) is 4.74 Å². The molecule has 3 N–H and O–H groups in total. The highest BCUT2D eigenvalue weighted by Crippen LogP contribution is 2.37. The van der Waals surface area contributed by atoms with Crippen LogP contribution in [0.3, 0.4) is 0 Å². The van der Waals surface area contributed by atoms with Crippen molar-refractivity contribution in [2.75, 3.05) is 11.9 Å². The van der Waals surface area contributed by atoms with Crippen LogP contribution in [0.5, 0.6) is 5.75 Å². The van der Waals surface area contributed by atoms with Crippen molar-refractivity contribution in [3.8, 4) is 5.75 Å². The van der Waals surface area contributed by atoms with Crippen LogP contribution in [0.25, 0.3) is 0 Å². The van der Waals surface area contributed by atoms with E-state index < -0.39 is 48.5 Å². The fraction of sp³-hybridized carbons (Fsp3) is 0.417. The van der Waals surface area contributed by atoms with Gasteiger partial charge in [0.15, 0.2) is 0 Å². The monoisotopic (exact) mass is 503 g/mol. The number of aliphatic imine (C=N–C) groups is 1. The average Bonchev–Trinajstić information content (AvgIpc) is 3.51. The summed E-state index contributed by atoms with van der Waals surface area (Å²) in [6.45, 7) is 1.01. The molecule has 1 amide bonds. The highest BCUT2D eigenvalue weighted by Gasteiger charge is 2.41. The number of likely N-dealkylation sites (tertiary alicyclic amines) is 1. The summed E-state index contributed by atoms with van der Waals surface area (Å²) in [4.78, 5) is 27.6. The Kier molecular flexibility index (Phi) is 6.39. The topological polar surface area (TPSA) is 120 Å². The van der Waals surface area contributed by atoms with Gasteiger partial charge in [-0.1, -0.05) is 12.2 Å². The summed E-state index contributed by atoms with van der Waals surface area (Å²) in [6, 6.07) is 2.08. The Morgan fingerprint density at radius 3 is 2.78 bits per heavy atom. The molecule has 1 unspecified atom stereocenters. The van der Waals surface area contributed by atoms with Crippen LogP contribution in [0.4, 0.5) is 19.0 Å². The summed E-state index contributed by atoms with van der Waals surface area (Å²) < 4.78 is 47.1. The Balaban J connectivity index is 1.44. The van der Waals surface area contributed by atoms with Gasteiger partial charge in [-0.25, -0.2) is 23.1 Å². The van der Waals surface area contributed by atoms with E-state index in [1.54, 1.807) is 6.08 Å². The number of aliphatic hydroxyl groups excluding tert-OH is 2. The molecule has 0 spiro atoms. The van der Waals surface area contributed by atoms with Crippen molar-refractivity contribution < 1.29 is 32.9 Å². The molecule has 1 aromatic heterocycles. The first kappa shape index (κ1) is 24.2. The minimum Gasteiger partial charge on any atom is -0.461 e. The highest BCUT2D eigenvalue weighted by atomic mass is 19.1. The third-order valence-corrected chi connectivity index (χ3v) is 6.38. The summed E-state index contributed by atoms with van der Waals surface area (Å²) in [6.07, 6.45) is -0.948. The van der Waals surface area contributed by atoms with Gasteiger partial charge in [0, 0.05) is 19.4 Å². The number of fused-ring (bicyclic) bond motifs is 1. The third-order valence-electron chi connectivity index (χ3n) is 6.38. The number of alkyl halides is 2. The molecule has 1 aromatic carbocycles. The average molecular weight is 503 g/mol. The van der Waals surface area contributed by atoms with Gasteiger partial charge < -0.3 is 25.2 Å². The van der Waals surface area contributed by atoms with Crippen molar-refractivity contribution in [2.45, 2.75) is 56.7 Å². The zero-order valence-corrected chi connectivity index (χ0v) is 19.2.